The van der Waals surface area contributed by atoms with Crippen molar-refractivity contribution in [2.24, 2.45) is 11.8 Å². The topological polar surface area (TPSA) is 40.5 Å². The first-order valence-corrected chi connectivity index (χ1v) is 5.51. The fourth-order valence-electron chi connectivity index (χ4n) is 2.41. The van der Waals surface area contributed by atoms with Gasteiger partial charge in [-0.2, -0.15) is 0 Å². The maximum atomic E-state index is 9.71. The highest BCUT2D eigenvalue weighted by Crippen LogP contribution is 2.33. The standard InChI is InChI=1S/C11H22O2/c1-3-9-5-4-6-10(7-9)11(13)8(2)12/h8-13H,3-7H2,1-2H3. The maximum Gasteiger partial charge on any atom is 0.0824 e. The van der Waals surface area contributed by atoms with Gasteiger partial charge in [-0.15, -0.1) is 0 Å². The van der Waals surface area contributed by atoms with E-state index in [1.54, 1.807) is 6.92 Å². The van der Waals surface area contributed by atoms with Crippen molar-refractivity contribution in [1.82, 2.24) is 0 Å². The molecular weight excluding hydrogens is 164 g/mol. The summed E-state index contributed by atoms with van der Waals surface area (Å²) in [5.41, 5.74) is 0. The molecule has 78 valence electrons. The number of rotatable bonds is 3. The second-order valence-corrected chi connectivity index (χ2v) is 4.43. The molecule has 1 saturated carbocycles. The van der Waals surface area contributed by atoms with Gasteiger partial charge >= 0.3 is 0 Å². The largest absolute Gasteiger partial charge is 0.391 e. The lowest BCUT2D eigenvalue weighted by molar-refractivity contribution is -0.0244. The van der Waals surface area contributed by atoms with Gasteiger partial charge in [-0.05, 0) is 31.6 Å². The van der Waals surface area contributed by atoms with Crippen LogP contribution in [0.1, 0.15) is 46.0 Å². The van der Waals surface area contributed by atoms with Crippen LogP contribution in [0.2, 0.25) is 0 Å². The smallest absolute Gasteiger partial charge is 0.0824 e. The van der Waals surface area contributed by atoms with Crippen LogP contribution in [0.3, 0.4) is 0 Å². The van der Waals surface area contributed by atoms with Crippen LogP contribution < -0.4 is 0 Å². The summed E-state index contributed by atoms with van der Waals surface area (Å²) in [6.45, 7) is 3.89. The van der Waals surface area contributed by atoms with Crippen molar-refractivity contribution < 1.29 is 10.2 Å². The number of hydrogen-bond donors (Lipinski definition) is 2. The van der Waals surface area contributed by atoms with Crippen molar-refractivity contribution in [2.75, 3.05) is 0 Å². The molecule has 0 saturated heterocycles. The van der Waals surface area contributed by atoms with Gasteiger partial charge in [0, 0.05) is 0 Å². The van der Waals surface area contributed by atoms with Crippen LogP contribution >= 0.6 is 0 Å². The molecule has 4 unspecified atom stereocenters. The molecule has 0 bridgehead atoms. The highest BCUT2D eigenvalue weighted by Gasteiger charge is 2.28. The van der Waals surface area contributed by atoms with Crippen molar-refractivity contribution in [3.05, 3.63) is 0 Å². The summed E-state index contributed by atoms with van der Waals surface area (Å²) in [4.78, 5) is 0. The van der Waals surface area contributed by atoms with E-state index in [0.717, 1.165) is 18.8 Å². The molecule has 13 heavy (non-hydrogen) atoms. The van der Waals surface area contributed by atoms with Crippen LogP contribution in [0.15, 0.2) is 0 Å². The van der Waals surface area contributed by atoms with Gasteiger partial charge in [0.05, 0.1) is 12.2 Å². The van der Waals surface area contributed by atoms with E-state index in [2.05, 4.69) is 6.92 Å². The molecule has 0 aliphatic heterocycles. The number of hydrogen-bond acceptors (Lipinski definition) is 2. The van der Waals surface area contributed by atoms with Crippen LogP contribution in [0.4, 0.5) is 0 Å². The Labute approximate surface area is 81.0 Å². The summed E-state index contributed by atoms with van der Waals surface area (Å²) in [7, 11) is 0. The summed E-state index contributed by atoms with van der Waals surface area (Å²) in [5, 5.41) is 19.0. The van der Waals surface area contributed by atoms with E-state index in [9.17, 15) is 10.2 Å². The first-order valence-electron chi connectivity index (χ1n) is 5.51. The van der Waals surface area contributed by atoms with Gasteiger partial charge in [0.2, 0.25) is 0 Å². The van der Waals surface area contributed by atoms with Crippen molar-refractivity contribution in [2.45, 2.75) is 58.2 Å². The fourth-order valence-corrected chi connectivity index (χ4v) is 2.41. The van der Waals surface area contributed by atoms with Crippen molar-refractivity contribution in [3.8, 4) is 0 Å². The zero-order chi connectivity index (χ0) is 9.84. The van der Waals surface area contributed by atoms with E-state index in [4.69, 9.17) is 0 Å². The monoisotopic (exact) mass is 186 g/mol. The molecule has 0 amide bonds. The molecule has 0 radical (unpaired) electrons. The Morgan fingerprint density at radius 2 is 2.00 bits per heavy atom. The first kappa shape index (κ1) is 11.0. The molecule has 4 atom stereocenters. The predicted octanol–water partition coefficient (Wildman–Crippen LogP) is 1.94. The maximum absolute atomic E-state index is 9.71. The summed E-state index contributed by atoms with van der Waals surface area (Å²) in [5.74, 6) is 1.10. The molecule has 0 spiro atoms. The van der Waals surface area contributed by atoms with Crippen LogP contribution in [0, 0.1) is 11.8 Å². The SMILES string of the molecule is CCC1CCCC(C(O)C(C)O)C1. The highest BCUT2D eigenvalue weighted by atomic mass is 16.3. The third kappa shape index (κ3) is 2.96. The van der Waals surface area contributed by atoms with E-state index in [0.29, 0.717) is 5.92 Å². The molecule has 1 rings (SSSR count). The molecule has 1 aliphatic carbocycles. The zero-order valence-corrected chi connectivity index (χ0v) is 8.74. The van der Waals surface area contributed by atoms with E-state index < -0.39 is 12.2 Å². The van der Waals surface area contributed by atoms with Crippen molar-refractivity contribution in [3.63, 3.8) is 0 Å². The van der Waals surface area contributed by atoms with E-state index in [-0.39, 0.29) is 0 Å². The van der Waals surface area contributed by atoms with Gasteiger partial charge in [0.15, 0.2) is 0 Å². The lowest BCUT2D eigenvalue weighted by Gasteiger charge is -2.32. The lowest BCUT2D eigenvalue weighted by atomic mass is 9.77. The number of aliphatic hydroxyl groups excluding tert-OH is 2. The molecule has 1 fully saturated rings. The average molecular weight is 186 g/mol. The Hall–Kier alpha value is -0.0800. The third-order valence-corrected chi connectivity index (χ3v) is 3.38. The quantitative estimate of drug-likeness (QED) is 0.707. The lowest BCUT2D eigenvalue weighted by Crippen LogP contribution is -2.34. The molecule has 1 aliphatic rings. The Kier molecular flexibility index (Phi) is 4.20. The van der Waals surface area contributed by atoms with E-state index in [1.807, 2.05) is 0 Å². The Morgan fingerprint density at radius 1 is 1.31 bits per heavy atom. The zero-order valence-electron chi connectivity index (χ0n) is 8.74. The molecule has 0 aromatic rings. The van der Waals surface area contributed by atoms with Gasteiger partial charge in [0.1, 0.15) is 0 Å². The molecule has 0 aromatic carbocycles. The third-order valence-electron chi connectivity index (χ3n) is 3.38. The van der Waals surface area contributed by atoms with E-state index in [1.165, 1.54) is 19.3 Å². The van der Waals surface area contributed by atoms with Crippen LogP contribution in [-0.2, 0) is 0 Å². The molecule has 0 aromatic heterocycles. The Bertz CT molecular complexity index is 145. The Morgan fingerprint density at radius 3 is 2.54 bits per heavy atom. The molecule has 2 nitrogen and oxygen atoms in total. The normalized spacial score (nSPS) is 34.2. The van der Waals surface area contributed by atoms with Gasteiger partial charge in [-0.3, -0.25) is 0 Å². The summed E-state index contributed by atoms with van der Waals surface area (Å²) < 4.78 is 0. The van der Waals surface area contributed by atoms with Crippen molar-refractivity contribution >= 4 is 0 Å². The first-order chi connectivity index (χ1) is 6.15. The highest BCUT2D eigenvalue weighted by molar-refractivity contribution is 4.79. The second kappa shape index (κ2) is 4.97. The second-order valence-electron chi connectivity index (χ2n) is 4.43. The predicted molar refractivity (Wildman–Crippen MR) is 53.4 cm³/mol. The van der Waals surface area contributed by atoms with Gasteiger partial charge in [-0.25, -0.2) is 0 Å². The van der Waals surface area contributed by atoms with Crippen LogP contribution in [0.5, 0.6) is 0 Å². The Balaban J connectivity index is 2.41. The average Bonchev–Trinajstić information content (AvgIpc) is 2.16. The minimum Gasteiger partial charge on any atom is -0.391 e. The minimum absolute atomic E-state index is 0.332. The summed E-state index contributed by atoms with van der Waals surface area (Å²) in [6.07, 6.45) is 4.84. The van der Waals surface area contributed by atoms with E-state index >= 15 is 0 Å². The summed E-state index contributed by atoms with van der Waals surface area (Å²) in [6, 6.07) is 0. The van der Waals surface area contributed by atoms with Crippen LogP contribution in [-0.4, -0.2) is 22.4 Å². The molecule has 2 N–H and O–H groups in total. The number of aliphatic hydroxyl groups is 2. The molecular formula is C11H22O2. The molecule has 0 heterocycles. The van der Waals surface area contributed by atoms with Crippen molar-refractivity contribution in [1.29, 1.82) is 0 Å². The van der Waals surface area contributed by atoms with Crippen LogP contribution in [0.25, 0.3) is 0 Å². The minimum atomic E-state index is -0.569. The molecule has 2 heteroatoms. The van der Waals surface area contributed by atoms with Gasteiger partial charge < -0.3 is 10.2 Å². The van der Waals surface area contributed by atoms with Gasteiger partial charge in [0.25, 0.3) is 0 Å². The summed E-state index contributed by atoms with van der Waals surface area (Å²) >= 11 is 0. The van der Waals surface area contributed by atoms with Gasteiger partial charge in [-0.1, -0.05) is 26.2 Å². The fraction of sp³-hybridized carbons (Fsp3) is 1.00.